The van der Waals surface area contributed by atoms with Crippen molar-refractivity contribution < 1.29 is 13.9 Å². The number of hydrogen-bond acceptors (Lipinski definition) is 5. The van der Waals surface area contributed by atoms with E-state index in [1.54, 1.807) is 23.1 Å². The Morgan fingerprint density at radius 3 is 2.47 bits per heavy atom. The monoisotopic (exact) mass is 495 g/mol. The Labute approximate surface area is 208 Å². The highest BCUT2D eigenvalue weighted by Crippen LogP contribution is 2.27. The van der Waals surface area contributed by atoms with Crippen LogP contribution in [0.1, 0.15) is 35.2 Å². The lowest BCUT2D eigenvalue weighted by atomic mass is 10.1. The van der Waals surface area contributed by atoms with Gasteiger partial charge in [0.15, 0.2) is 0 Å². The summed E-state index contributed by atoms with van der Waals surface area (Å²) in [7, 11) is 0. The maximum Gasteiger partial charge on any atom is 0.258 e. The summed E-state index contributed by atoms with van der Waals surface area (Å²) < 4.78 is 11.8. The molecule has 0 aliphatic carbocycles. The predicted octanol–water partition coefficient (Wildman–Crippen LogP) is 6.67. The fraction of sp³-hybridized carbons (Fsp3) is 0.192. The average molecular weight is 496 g/mol. The van der Waals surface area contributed by atoms with Gasteiger partial charge in [-0.05, 0) is 48.4 Å². The van der Waals surface area contributed by atoms with E-state index in [4.69, 9.17) is 32.4 Å². The van der Waals surface area contributed by atoms with Crippen LogP contribution in [-0.2, 0) is 13.2 Å². The molecule has 34 heavy (non-hydrogen) atoms. The van der Waals surface area contributed by atoms with E-state index in [1.807, 2.05) is 61.5 Å². The van der Waals surface area contributed by atoms with Gasteiger partial charge in [-0.3, -0.25) is 4.79 Å². The number of halogens is 2. The molecule has 4 rings (SSSR count). The molecule has 0 saturated carbocycles. The highest BCUT2D eigenvalue weighted by molar-refractivity contribution is 6.33. The van der Waals surface area contributed by atoms with Crippen molar-refractivity contribution in [3.05, 3.63) is 99.9 Å². The lowest BCUT2D eigenvalue weighted by molar-refractivity contribution is 0.0723. The number of hydrogen-bond donors (Lipinski definition) is 0. The largest absolute Gasteiger partial charge is 0.488 e. The fourth-order valence-electron chi connectivity index (χ4n) is 3.43. The second-order valence-corrected chi connectivity index (χ2v) is 8.46. The Hall–Kier alpha value is -3.35. The zero-order valence-electron chi connectivity index (χ0n) is 18.6. The van der Waals surface area contributed by atoms with Gasteiger partial charge in [-0.15, -0.1) is 10.2 Å². The van der Waals surface area contributed by atoms with Crippen molar-refractivity contribution in [2.45, 2.75) is 26.5 Å². The van der Waals surface area contributed by atoms with Crippen molar-refractivity contribution in [1.82, 2.24) is 15.1 Å². The topological polar surface area (TPSA) is 68.5 Å². The van der Waals surface area contributed by atoms with Crippen LogP contribution in [-0.4, -0.2) is 27.5 Å². The molecule has 0 aliphatic heterocycles. The van der Waals surface area contributed by atoms with Gasteiger partial charge < -0.3 is 14.1 Å². The summed E-state index contributed by atoms with van der Waals surface area (Å²) in [5, 5.41) is 9.41. The molecule has 0 spiro atoms. The Morgan fingerprint density at radius 1 is 0.971 bits per heavy atom. The predicted molar refractivity (Wildman–Crippen MR) is 132 cm³/mol. The van der Waals surface area contributed by atoms with E-state index in [1.165, 1.54) is 0 Å². The van der Waals surface area contributed by atoms with Gasteiger partial charge in [-0.1, -0.05) is 66.5 Å². The summed E-state index contributed by atoms with van der Waals surface area (Å²) in [6.07, 6.45) is 0.769. The van der Waals surface area contributed by atoms with E-state index in [-0.39, 0.29) is 12.5 Å². The summed E-state index contributed by atoms with van der Waals surface area (Å²) >= 11 is 12.2. The van der Waals surface area contributed by atoms with E-state index >= 15 is 0 Å². The molecule has 1 heterocycles. The molecule has 0 unspecified atom stereocenters. The van der Waals surface area contributed by atoms with Crippen LogP contribution in [0.2, 0.25) is 10.0 Å². The van der Waals surface area contributed by atoms with Crippen LogP contribution in [0.5, 0.6) is 5.75 Å². The third kappa shape index (κ3) is 5.76. The maximum absolute atomic E-state index is 13.5. The quantitative estimate of drug-likeness (QED) is 0.259. The number of carbonyl (C=O) groups is 1. The normalized spacial score (nSPS) is 10.8. The van der Waals surface area contributed by atoms with E-state index in [9.17, 15) is 4.79 Å². The molecule has 0 aliphatic rings. The van der Waals surface area contributed by atoms with Crippen molar-refractivity contribution >= 4 is 29.1 Å². The number of nitrogens with zero attached hydrogens (tertiary/aromatic N) is 3. The van der Waals surface area contributed by atoms with Gasteiger partial charge in [0.2, 0.25) is 11.8 Å². The molecule has 174 valence electrons. The minimum Gasteiger partial charge on any atom is -0.488 e. The molecule has 0 N–H and O–H groups in total. The minimum absolute atomic E-state index is 0.175. The van der Waals surface area contributed by atoms with E-state index in [0.717, 1.165) is 12.0 Å². The Morgan fingerprint density at radius 2 is 1.71 bits per heavy atom. The van der Waals surface area contributed by atoms with Gasteiger partial charge in [-0.25, -0.2) is 0 Å². The van der Waals surface area contributed by atoms with E-state index in [0.29, 0.717) is 51.9 Å². The number of ether oxygens (including phenoxy) is 1. The first-order valence-corrected chi connectivity index (χ1v) is 11.6. The molecule has 4 aromatic rings. The Bertz CT molecular complexity index is 1260. The standard InChI is InChI=1S/C26H23Cl2N3O3/c1-2-15-31(16-24-29-30-25(34-24)20-7-3-5-9-22(20)28)26(32)21-8-4-6-10-23(21)33-17-18-11-13-19(27)14-12-18/h3-14H,2,15-17H2,1H3. The number of amides is 1. The molecule has 0 fully saturated rings. The van der Waals surface area contributed by atoms with Gasteiger partial charge in [0, 0.05) is 11.6 Å². The molecule has 0 radical (unpaired) electrons. The van der Waals surface area contributed by atoms with E-state index in [2.05, 4.69) is 10.2 Å². The summed E-state index contributed by atoms with van der Waals surface area (Å²) in [6, 6.07) is 21.8. The summed E-state index contributed by atoms with van der Waals surface area (Å²) in [5.41, 5.74) is 2.07. The van der Waals surface area contributed by atoms with Crippen molar-refractivity contribution in [2.75, 3.05) is 6.54 Å². The summed E-state index contributed by atoms with van der Waals surface area (Å²) in [5.74, 6) is 0.976. The van der Waals surface area contributed by atoms with Crippen molar-refractivity contribution in [3.63, 3.8) is 0 Å². The first kappa shape index (κ1) is 23.8. The number of carbonyl (C=O) groups excluding carboxylic acids is 1. The third-order valence-electron chi connectivity index (χ3n) is 5.10. The van der Waals surface area contributed by atoms with E-state index < -0.39 is 0 Å². The first-order valence-electron chi connectivity index (χ1n) is 10.9. The van der Waals surface area contributed by atoms with Crippen LogP contribution in [0, 0.1) is 0 Å². The van der Waals surface area contributed by atoms with Crippen molar-refractivity contribution in [1.29, 1.82) is 0 Å². The molecule has 8 heteroatoms. The maximum atomic E-state index is 13.5. The highest BCUT2D eigenvalue weighted by atomic mass is 35.5. The zero-order valence-corrected chi connectivity index (χ0v) is 20.1. The molecule has 6 nitrogen and oxygen atoms in total. The SMILES string of the molecule is CCCN(Cc1nnc(-c2ccccc2Cl)o1)C(=O)c1ccccc1OCc1ccc(Cl)cc1. The minimum atomic E-state index is -0.175. The van der Waals surface area contributed by atoms with Gasteiger partial charge in [0.05, 0.1) is 22.7 Å². The van der Waals surface area contributed by atoms with Crippen LogP contribution >= 0.6 is 23.2 Å². The fourth-order valence-corrected chi connectivity index (χ4v) is 3.77. The van der Waals surface area contributed by atoms with Crippen LogP contribution in [0.15, 0.2) is 77.2 Å². The smallest absolute Gasteiger partial charge is 0.258 e. The Kier molecular flexibility index (Phi) is 7.83. The number of rotatable bonds is 9. The number of para-hydroxylation sites is 1. The zero-order chi connectivity index (χ0) is 23.9. The van der Waals surface area contributed by atoms with Crippen LogP contribution < -0.4 is 4.74 Å². The third-order valence-corrected chi connectivity index (χ3v) is 5.68. The number of aromatic nitrogens is 2. The molecular weight excluding hydrogens is 473 g/mol. The highest BCUT2D eigenvalue weighted by Gasteiger charge is 2.22. The summed E-state index contributed by atoms with van der Waals surface area (Å²) in [6.45, 7) is 3.02. The van der Waals surface area contributed by atoms with Crippen LogP contribution in [0.3, 0.4) is 0 Å². The van der Waals surface area contributed by atoms with Gasteiger partial charge in [0.25, 0.3) is 5.91 Å². The second-order valence-electron chi connectivity index (χ2n) is 7.62. The van der Waals surface area contributed by atoms with Crippen molar-refractivity contribution in [3.8, 4) is 17.2 Å². The van der Waals surface area contributed by atoms with Gasteiger partial charge in [-0.2, -0.15) is 0 Å². The van der Waals surface area contributed by atoms with Crippen LogP contribution in [0.4, 0.5) is 0 Å². The summed E-state index contributed by atoms with van der Waals surface area (Å²) in [4.78, 5) is 15.1. The average Bonchev–Trinajstić information content (AvgIpc) is 3.32. The Balaban J connectivity index is 1.51. The molecule has 0 atom stereocenters. The lowest BCUT2D eigenvalue weighted by Gasteiger charge is -2.22. The van der Waals surface area contributed by atoms with Gasteiger partial charge in [0.1, 0.15) is 12.4 Å². The molecule has 3 aromatic carbocycles. The second kappa shape index (κ2) is 11.2. The molecular formula is C26H23Cl2N3O3. The number of benzene rings is 3. The van der Waals surface area contributed by atoms with Gasteiger partial charge >= 0.3 is 0 Å². The molecule has 0 bridgehead atoms. The first-order chi connectivity index (χ1) is 16.5. The molecule has 1 aromatic heterocycles. The van der Waals surface area contributed by atoms with Crippen LogP contribution in [0.25, 0.3) is 11.5 Å². The van der Waals surface area contributed by atoms with Crippen molar-refractivity contribution in [2.24, 2.45) is 0 Å². The molecule has 0 saturated heterocycles. The lowest BCUT2D eigenvalue weighted by Crippen LogP contribution is -2.31. The molecule has 1 amide bonds.